The highest BCUT2D eigenvalue weighted by Gasteiger charge is 2.31. The lowest BCUT2D eigenvalue weighted by Gasteiger charge is -2.16. The van der Waals surface area contributed by atoms with Crippen LogP contribution in [0, 0.1) is 5.92 Å². The van der Waals surface area contributed by atoms with E-state index in [1.54, 1.807) is 24.3 Å². The van der Waals surface area contributed by atoms with Crippen LogP contribution in [0.4, 0.5) is 5.69 Å². The molecule has 1 aliphatic carbocycles. The second-order valence-electron chi connectivity index (χ2n) is 6.58. The number of hydrogen-bond acceptors (Lipinski definition) is 4. The summed E-state index contributed by atoms with van der Waals surface area (Å²) >= 11 is 0. The van der Waals surface area contributed by atoms with E-state index < -0.39 is 5.91 Å². The lowest BCUT2D eigenvalue weighted by Crippen LogP contribution is -2.28. The number of ether oxygens (including phenoxy) is 1. The molecule has 0 aromatic heterocycles. The van der Waals surface area contributed by atoms with Gasteiger partial charge >= 0.3 is 5.97 Å². The smallest absolute Gasteiger partial charge is 0.309 e. The van der Waals surface area contributed by atoms with Crippen LogP contribution < -0.4 is 10.6 Å². The number of nitrogens with one attached hydrogen (secondary N) is 2. The lowest BCUT2D eigenvalue weighted by molar-refractivity contribution is -0.148. The molecule has 140 valence electrons. The molecule has 1 atom stereocenters. The SMILES string of the molecule is CC(NC(=O)c1ccccc1NC(=O)COC(=O)C1CC1)c1ccccc1. The van der Waals surface area contributed by atoms with Crippen molar-refractivity contribution in [3.05, 3.63) is 65.7 Å². The number of rotatable bonds is 7. The molecule has 0 aliphatic heterocycles. The third-order valence-electron chi connectivity index (χ3n) is 4.35. The molecule has 0 spiro atoms. The first-order valence-electron chi connectivity index (χ1n) is 8.96. The number of benzene rings is 2. The number of amides is 2. The van der Waals surface area contributed by atoms with Crippen molar-refractivity contribution in [3.63, 3.8) is 0 Å². The molecule has 3 rings (SSSR count). The summed E-state index contributed by atoms with van der Waals surface area (Å²) in [5, 5.41) is 5.57. The molecule has 0 heterocycles. The number of para-hydroxylation sites is 1. The quantitative estimate of drug-likeness (QED) is 0.738. The van der Waals surface area contributed by atoms with Crippen LogP contribution in [0.3, 0.4) is 0 Å². The molecule has 1 saturated carbocycles. The maximum atomic E-state index is 12.6. The largest absolute Gasteiger partial charge is 0.455 e. The van der Waals surface area contributed by atoms with E-state index in [9.17, 15) is 14.4 Å². The van der Waals surface area contributed by atoms with Crippen molar-refractivity contribution in [2.24, 2.45) is 5.92 Å². The van der Waals surface area contributed by atoms with Crippen LogP contribution in [0.15, 0.2) is 54.6 Å². The van der Waals surface area contributed by atoms with Gasteiger partial charge in [0, 0.05) is 0 Å². The van der Waals surface area contributed by atoms with Crippen molar-refractivity contribution >= 4 is 23.5 Å². The second kappa shape index (κ2) is 8.49. The first kappa shape index (κ1) is 18.6. The molecule has 6 heteroatoms. The third kappa shape index (κ3) is 5.17. The summed E-state index contributed by atoms with van der Waals surface area (Å²) in [5.41, 5.74) is 1.71. The van der Waals surface area contributed by atoms with E-state index >= 15 is 0 Å². The Hall–Kier alpha value is -3.15. The minimum absolute atomic E-state index is 0.0599. The van der Waals surface area contributed by atoms with Crippen molar-refractivity contribution in [1.29, 1.82) is 0 Å². The van der Waals surface area contributed by atoms with Gasteiger partial charge in [0.15, 0.2) is 6.61 Å². The van der Waals surface area contributed by atoms with Crippen LogP contribution >= 0.6 is 0 Å². The predicted octanol–water partition coefficient (Wildman–Crippen LogP) is 3.07. The van der Waals surface area contributed by atoms with Crippen molar-refractivity contribution in [2.75, 3.05) is 11.9 Å². The van der Waals surface area contributed by atoms with Crippen molar-refractivity contribution in [2.45, 2.75) is 25.8 Å². The molecule has 2 amide bonds. The highest BCUT2D eigenvalue weighted by molar-refractivity contribution is 6.04. The summed E-state index contributed by atoms with van der Waals surface area (Å²) in [6.45, 7) is 1.54. The standard InChI is InChI=1S/C21H22N2O4/c1-14(15-7-3-2-4-8-15)22-20(25)17-9-5-6-10-18(17)23-19(24)13-27-21(26)16-11-12-16/h2-10,14,16H,11-13H2,1H3,(H,22,25)(H,23,24). The van der Waals surface area contributed by atoms with Gasteiger partial charge in [0.1, 0.15) is 0 Å². The molecule has 27 heavy (non-hydrogen) atoms. The summed E-state index contributed by atoms with van der Waals surface area (Å²) in [5.74, 6) is -1.17. The molecule has 1 aliphatic rings. The Kier molecular flexibility index (Phi) is 5.86. The summed E-state index contributed by atoms with van der Waals surface area (Å²) in [4.78, 5) is 36.2. The molecular formula is C21H22N2O4. The average Bonchev–Trinajstić information content (AvgIpc) is 3.52. The topological polar surface area (TPSA) is 84.5 Å². The minimum atomic E-state index is -0.472. The fourth-order valence-corrected chi connectivity index (χ4v) is 2.65. The van der Waals surface area contributed by atoms with Gasteiger partial charge in [-0.2, -0.15) is 0 Å². The maximum Gasteiger partial charge on any atom is 0.309 e. The van der Waals surface area contributed by atoms with E-state index in [0.29, 0.717) is 11.3 Å². The average molecular weight is 366 g/mol. The number of anilines is 1. The van der Waals surface area contributed by atoms with E-state index in [1.165, 1.54) is 0 Å². The van der Waals surface area contributed by atoms with Gasteiger partial charge in [0.25, 0.3) is 11.8 Å². The molecule has 0 saturated heterocycles. The molecule has 2 aromatic rings. The van der Waals surface area contributed by atoms with Crippen LogP contribution in [0.5, 0.6) is 0 Å². The molecule has 6 nitrogen and oxygen atoms in total. The Morgan fingerprint density at radius 3 is 2.41 bits per heavy atom. The minimum Gasteiger partial charge on any atom is -0.455 e. The van der Waals surface area contributed by atoms with Crippen LogP contribution in [0.1, 0.15) is 41.7 Å². The molecule has 1 unspecified atom stereocenters. The van der Waals surface area contributed by atoms with Crippen LogP contribution in [-0.2, 0) is 14.3 Å². The van der Waals surface area contributed by atoms with Crippen molar-refractivity contribution in [3.8, 4) is 0 Å². The Bertz CT molecular complexity index is 831. The normalized spacial score (nSPS) is 14.1. The predicted molar refractivity (Wildman–Crippen MR) is 101 cm³/mol. The van der Waals surface area contributed by atoms with Gasteiger partial charge in [-0.25, -0.2) is 0 Å². The molecular weight excluding hydrogens is 344 g/mol. The fourth-order valence-electron chi connectivity index (χ4n) is 2.65. The molecule has 2 N–H and O–H groups in total. The first-order chi connectivity index (χ1) is 13.0. The number of carbonyl (C=O) groups excluding carboxylic acids is 3. The molecule has 0 bridgehead atoms. The van der Waals surface area contributed by atoms with E-state index in [2.05, 4.69) is 10.6 Å². The van der Waals surface area contributed by atoms with E-state index in [1.807, 2.05) is 37.3 Å². The van der Waals surface area contributed by atoms with Gasteiger partial charge in [0.05, 0.1) is 23.2 Å². The summed E-state index contributed by atoms with van der Waals surface area (Å²) in [6.07, 6.45) is 1.64. The van der Waals surface area contributed by atoms with E-state index in [0.717, 1.165) is 18.4 Å². The summed E-state index contributed by atoms with van der Waals surface area (Å²) < 4.78 is 4.97. The van der Waals surface area contributed by atoms with Crippen LogP contribution in [0.2, 0.25) is 0 Å². The zero-order valence-electron chi connectivity index (χ0n) is 15.1. The number of esters is 1. The molecule has 0 radical (unpaired) electrons. The first-order valence-corrected chi connectivity index (χ1v) is 8.96. The molecule has 2 aromatic carbocycles. The number of hydrogen-bond donors (Lipinski definition) is 2. The second-order valence-corrected chi connectivity index (χ2v) is 6.58. The summed E-state index contributed by atoms with van der Waals surface area (Å²) in [7, 11) is 0. The van der Waals surface area contributed by atoms with Crippen molar-refractivity contribution in [1.82, 2.24) is 5.32 Å². The zero-order chi connectivity index (χ0) is 19.2. The van der Waals surface area contributed by atoms with E-state index in [4.69, 9.17) is 4.74 Å². The Labute approximate surface area is 157 Å². The molecule has 1 fully saturated rings. The number of carbonyl (C=O) groups is 3. The highest BCUT2D eigenvalue weighted by atomic mass is 16.5. The van der Waals surface area contributed by atoms with Crippen molar-refractivity contribution < 1.29 is 19.1 Å². The zero-order valence-corrected chi connectivity index (χ0v) is 15.1. The fraction of sp³-hybridized carbons (Fsp3) is 0.286. The van der Waals surface area contributed by atoms with Gasteiger partial charge in [-0.1, -0.05) is 42.5 Å². The lowest BCUT2D eigenvalue weighted by atomic mass is 10.1. The third-order valence-corrected chi connectivity index (χ3v) is 4.35. The van der Waals surface area contributed by atoms with E-state index in [-0.39, 0.29) is 30.4 Å². The van der Waals surface area contributed by atoms with Gasteiger partial charge in [-0.3, -0.25) is 14.4 Å². The Morgan fingerprint density at radius 2 is 1.70 bits per heavy atom. The summed E-state index contributed by atoms with van der Waals surface area (Å²) in [6, 6.07) is 16.2. The monoisotopic (exact) mass is 366 g/mol. The van der Waals surface area contributed by atoms with Crippen LogP contribution in [-0.4, -0.2) is 24.4 Å². The van der Waals surface area contributed by atoms with Crippen LogP contribution in [0.25, 0.3) is 0 Å². The maximum absolute atomic E-state index is 12.6. The Morgan fingerprint density at radius 1 is 1.04 bits per heavy atom. The Balaban J connectivity index is 1.61. The highest BCUT2D eigenvalue weighted by Crippen LogP contribution is 2.30. The van der Waals surface area contributed by atoms with Gasteiger partial charge in [-0.15, -0.1) is 0 Å². The van der Waals surface area contributed by atoms with Gasteiger partial charge in [-0.05, 0) is 37.5 Å². The van der Waals surface area contributed by atoms with Gasteiger partial charge < -0.3 is 15.4 Å². The van der Waals surface area contributed by atoms with Gasteiger partial charge in [0.2, 0.25) is 0 Å².